The molecule has 0 amide bonds. The Labute approximate surface area is 224 Å². The molecule has 0 unspecified atom stereocenters. The first-order valence-electron chi connectivity index (χ1n) is 12.1. The van der Waals surface area contributed by atoms with Crippen LogP contribution in [0.5, 0.6) is 0 Å². The van der Waals surface area contributed by atoms with Gasteiger partial charge in [-0.1, -0.05) is 42.5 Å². The number of thiazole rings is 1. The fraction of sp³-hybridized carbons (Fsp3) is 0.250. The zero-order valence-corrected chi connectivity index (χ0v) is 22.5. The highest BCUT2D eigenvalue weighted by atomic mass is 32.2. The van der Waals surface area contributed by atoms with Crippen molar-refractivity contribution in [3.63, 3.8) is 0 Å². The lowest BCUT2D eigenvalue weighted by Gasteiger charge is -2.21. The summed E-state index contributed by atoms with van der Waals surface area (Å²) in [5.41, 5.74) is 4.01. The van der Waals surface area contributed by atoms with E-state index in [4.69, 9.17) is 4.98 Å². The summed E-state index contributed by atoms with van der Waals surface area (Å²) < 4.78 is 67.1. The Kier molecular flexibility index (Phi) is 6.96. The number of aryl methyl sites for hydroxylation is 2. The van der Waals surface area contributed by atoms with Gasteiger partial charge in [0, 0.05) is 23.5 Å². The Morgan fingerprint density at radius 3 is 2.58 bits per heavy atom. The quantitative estimate of drug-likeness (QED) is 0.270. The Morgan fingerprint density at radius 1 is 1.03 bits per heavy atom. The van der Waals surface area contributed by atoms with Crippen molar-refractivity contribution in [1.29, 1.82) is 0 Å². The van der Waals surface area contributed by atoms with Crippen molar-refractivity contribution in [2.24, 2.45) is 0 Å². The number of aromatic nitrogens is 1. The molecule has 0 radical (unpaired) electrons. The topological polar surface area (TPSA) is 62.3 Å². The van der Waals surface area contributed by atoms with Gasteiger partial charge in [0.2, 0.25) is 0 Å². The fourth-order valence-corrected chi connectivity index (χ4v) is 7.28. The van der Waals surface area contributed by atoms with E-state index in [0.29, 0.717) is 52.8 Å². The van der Waals surface area contributed by atoms with Gasteiger partial charge in [0.15, 0.2) is 5.13 Å². The fourth-order valence-electron chi connectivity index (χ4n) is 4.69. The first kappa shape index (κ1) is 26.2. The van der Waals surface area contributed by atoms with Gasteiger partial charge in [-0.15, -0.1) is 11.3 Å². The van der Waals surface area contributed by atoms with Gasteiger partial charge < -0.3 is 5.32 Å². The number of benzene rings is 3. The average molecular weight is 558 g/mol. The van der Waals surface area contributed by atoms with E-state index in [-0.39, 0.29) is 0 Å². The molecular formula is C28H26F3N3O2S2. The van der Waals surface area contributed by atoms with Crippen molar-refractivity contribution in [3.8, 4) is 11.3 Å². The standard InChI is InChI=1S/C28H26F3N3O2S2/c1-18-6-3-4-9-25(18)38(35,36)34-15-13-21-17-22(10-11-24(21)34)26-19(2)37-27(33-26)32-14-12-20-7-5-8-23(16-20)28(29,30)31/h3-11,16-17H,12-15H2,1-2H3,(H,32,33). The van der Waals surface area contributed by atoms with E-state index in [0.717, 1.165) is 27.8 Å². The maximum atomic E-state index is 13.4. The van der Waals surface area contributed by atoms with Gasteiger partial charge in [0.1, 0.15) is 0 Å². The second-order valence-electron chi connectivity index (χ2n) is 9.23. The molecule has 3 aromatic carbocycles. The number of hydrogen-bond acceptors (Lipinski definition) is 5. The van der Waals surface area contributed by atoms with Crippen LogP contribution in [0.3, 0.4) is 0 Å². The van der Waals surface area contributed by atoms with Crippen molar-refractivity contribution in [2.75, 3.05) is 22.7 Å². The van der Waals surface area contributed by atoms with Gasteiger partial charge in [-0.2, -0.15) is 13.2 Å². The predicted octanol–water partition coefficient (Wildman–Crippen LogP) is 6.85. The minimum atomic E-state index is -4.36. The molecule has 0 atom stereocenters. The van der Waals surface area contributed by atoms with E-state index in [1.54, 1.807) is 31.2 Å². The Bertz CT molecular complexity index is 1600. The molecule has 0 saturated carbocycles. The van der Waals surface area contributed by atoms with Gasteiger partial charge in [-0.3, -0.25) is 4.31 Å². The highest BCUT2D eigenvalue weighted by molar-refractivity contribution is 7.93. The van der Waals surface area contributed by atoms with Crippen LogP contribution in [0.1, 0.15) is 27.1 Å². The van der Waals surface area contributed by atoms with Crippen LogP contribution >= 0.6 is 11.3 Å². The smallest absolute Gasteiger partial charge is 0.361 e. The molecular weight excluding hydrogens is 531 g/mol. The molecule has 1 aliphatic rings. The van der Waals surface area contributed by atoms with E-state index in [2.05, 4.69) is 5.32 Å². The Balaban J connectivity index is 1.30. The first-order chi connectivity index (χ1) is 18.0. The van der Waals surface area contributed by atoms with Crippen molar-refractivity contribution in [1.82, 2.24) is 4.98 Å². The predicted molar refractivity (Wildman–Crippen MR) is 145 cm³/mol. The number of alkyl halides is 3. The Hall–Kier alpha value is -3.37. The maximum absolute atomic E-state index is 13.4. The third kappa shape index (κ3) is 5.15. The highest BCUT2D eigenvalue weighted by Crippen LogP contribution is 2.38. The summed E-state index contributed by atoms with van der Waals surface area (Å²) in [4.78, 5) is 6.02. The van der Waals surface area contributed by atoms with Crippen LogP contribution in [0, 0.1) is 13.8 Å². The van der Waals surface area contributed by atoms with Crippen molar-refractivity contribution in [2.45, 2.75) is 37.8 Å². The van der Waals surface area contributed by atoms with Crippen LogP contribution in [-0.4, -0.2) is 26.5 Å². The van der Waals surface area contributed by atoms with Crippen LogP contribution in [0.15, 0.2) is 71.6 Å². The van der Waals surface area contributed by atoms with E-state index >= 15 is 0 Å². The largest absolute Gasteiger partial charge is 0.416 e. The van der Waals surface area contributed by atoms with E-state index in [1.807, 2.05) is 31.2 Å². The molecule has 0 aliphatic carbocycles. The van der Waals surface area contributed by atoms with E-state index in [9.17, 15) is 21.6 Å². The summed E-state index contributed by atoms with van der Waals surface area (Å²) in [6.45, 7) is 4.59. The molecule has 1 aliphatic heterocycles. The molecule has 10 heteroatoms. The SMILES string of the molecule is Cc1ccccc1S(=O)(=O)N1CCc2cc(-c3nc(NCCc4cccc(C(F)(F)F)c4)sc3C)ccc21. The number of hydrogen-bond donors (Lipinski definition) is 1. The molecule has 5 rings (SSSR count). The van der Waals surface area contributed by atoms with Crippen molar-refractivity contribution in [3.05, 3.63) is 93.9 Å². The summed E-state index contributed by atoms with van der Waals surface area (Å²) in [6, 6.07) is 18.1. The first-order valence-corrected chi connectivity index (χ1v) is 14.4. The normalized spacial score (nSPS) is 13.6. The summed E-state index contributed by atoms with van der Waals surface area (Å²) in [7, 11) is -3.66. The van der Waals surface area contributed by atoms with Crippen LogP contribution in [0.2, 0.25) is 0 Å². The van der Waals surface area contributed by atoms with Crippen molar-refractivity contribution >= 4 is 32.2 Å². The lowest BCUT2D eigenvalue weighted by Crippen LogP contribution is -2.29. The summed E-state index contributed by atoms with van der Waals surface area (Å²) in [6.07, 6.45) is -3.32. The van der Waals surface area contributed by atoms with Crippen LogP contribution in [0.25, 0.3) is 11.3 Å². The van der Waals surface area contributed by atoms with Gasteiger partial charge >= 0.3 is 6.18 Å². The van der Waals surface area contributed by atoms with E-state index < -0.39 is 21.8 Å². The number of halogens is 3. The van der Waals surface area contributed by atoms with Crippen molar-refractivity contribution < 1.29 is 21.6 Å². The molecule has 1 N–H and O–H groups in total. The molecule has 198 valence electrons. The zero-order chi connectivity index (χ0) is 27.1. The molecule has 1 aromatic heterocycles. The van der Waals surface area contributed by atoms with Gasteiger partial charge in [0.25, 0.3) is 10.0 Å². The number of nitrogens with zero attached hydrogens (tertiary/aromatic N) is 2. The minimum absolute atomic E-state index is 0.313. The maximum Gasteiger partial charge on any atom is 0.416 e. The second kappa shape index (κ2) is 10.1. The second-order valence-corrected chi connectivity index (χ2v) is 12.3. The molecule has 0 fully saturated rings. The molecule has 0 spiro atoms. The summed E-state index contributed by atoms with van der Waals surface area (Å²) in [5.74, 6) is 0. The van der Waals surface area contributed by atoms with Gasteiger partial charge in [-0.25, -0.2) is 13.4 Å². The number of anilines is 2. The number of sulfonamides is 1. The van der Waals surface area contributed by atoms with Gasteiger partial charge in [0.05, 0.1) is 21.8 Å². The molecule has 5 nitrogen and oxygen atoms in total. The molecule has 0 saturated heterocycles. The average Bonchev–Trinajstić information content (AvgIpc) is 3.47. The summed E-state index contributed by atoms with van der Waals surface area (Å²) >= 11 is 1.48. The summed E-state index contributed by atoms with van der Waals surface area (Å²) in [5, 5.41) is 3.91. The van der Waals surface area contributed by atoms with E-state index in [1.165, 1.54) is 27.8 Å². The highest BCUT2D eigenvalue weighted by Gasteiger charge is 2.32. The van der Waals surface area contributed by atoms with Crippen LogP contribution in [0.4, 0.5) is 24.0 Å². The number of nitrogens with one attached hydrogen (secondary N) is 1. The van der Waals surface area contributed by atoms with Gasteiger partial charge in [-0.05, 0) is 67.6 Å². The lowest BCUT2D eigenvalue weighted by atomic mass is 10.1. The zero-order valence-electron chi connectivity index (χ0n) is 20.8. The molecule has 0 bridgehead atoms. The number of rotatable bonds is 7. The van der Waals surface area contributed by atoms with Crippen LogP contribution in [-0.2, 0) is 29.0 Å². The lowest BCUT2D eigenvalue weighted by molar-refractivity contribution is -0.137. The van der Waals surface area contributed by atoms with Crippen LogP contribution < -0.4 is 9.62 Å². The minimum Gasteiger partial charge on any atom is -0.361 e. The Morgan fingerprint density at radius 2 is 1.82 bits per heavy atom. The number of fused-ring (bicyclic) bond motifs is 1. The monoisotopic (exact) mass is 557 g/mol. The molecule has 4 aromatic rings. The third-order valence-electron chi connectivity index (χ3n) is 6.61. The molecule has 38 heavy (non-hydrogen) atoms. The third-order valence-corrected chi connectivity index (χ3v) is 9.51. The molecule has 2 heterocycles.